The molecule has 0 unspecified atom stereocenters. The third-order valence-electron chi connectivity index (χ3n) is 4.76. The minimum atomic E-state index is -4.52. The second-order valence-corrected chi connectivity index (χ2v) is 8.35. The van der Waals surface area contributed by atoms with Gasteiger partial charge >= 0.3 is 12.3 Å². The number of carbonyl (C=O) groups is 1. The number of rotatable bonds is 3. The molecule has 30 heavy (non-hydrogen) atoms. The van der Waals surface area contributed by atoms with Crippen LogP contribution in [0.3, 0.4) is 0 Å². The number of hydrogen-bond donors (Lipinski definition) is 0. The molecule has 0 saturated carbocycles. The van der Waals surface area contributed by atoms with E-state index in [0.29, 0.717) is 36.4 Å². The van der Waals surface area contributed by atoms with E-state index in [4.69, 9.17) is 9.47 Å². The van der Waals surface area contributed by atoms with Crippen LogP contribution in [0.15, 0.2) is 36.5 Å². The van der Waals surface area contributed by atoms with Crippen molar-refractivity contribution in [2.24, 2.45) is 0 Å². The minimum absolute atomic E-state index is 0.0184. The van der Waals surface area contributed by atoms with Crippen LogP contribution in [0.5, 0.6) is 5.75 Å². The molecule has 162 valence electrons. The van der Waals surface area contributed by atoms with Crippen LogP contribution in [0.25, 0.3) is 11.1 Å². The molecular weight excluding hydrogens is 397 g/mol. The van der Waals surface area contributed by atoms with Gasteiger partial charge in [0, 0.05) is 31.3 Å². The van der Waals surface area contributed by atoms with Crippen LogP contribution in [-0.4, -0.2) is 41.8 Å². The molecule has 1 aliphatic heterocycles. The van der Waals surface area contributed by atoms with Crippen LogP contribution in [0.2, 0.25) is 0 Å². The number of ether oxygens (including phenoxy) is 2. The van der Waals surface area contributed by atoms with Gasteiger partial charge in [-0.25, -0.2) is 4.79 Å². The van der Waals surface area contributed by atoms with Crippen molar-refractivity contribution in [1.29, 1.82) is 0 Å². The molecule has 5 nitrogen and oxygen atoms in total. The number of hydrogen-bond acceptors (Lipinski definition) is 4. The molecule has 8 heteroatoms. The highest BCUT2D eigenvalue weighted by atomic mass is 19.4. The van der Waals surface area contributed by atoms with E-state index in [0.717, 1.165) is 17.8 Å². The molecule has 0 saturated heterocycles. The number of nitrogens with zero attached hydrogens (tertiary/aromatic N) is 2. The Morgan fingerprint density at radius 2 is 2.00 bits per heavy atom. The van der Waals surface area contributed by atoms with E-state index in [1.165, 1.54) is 11.0 Å². The number of para-hydroxylation sites is 1. The van der Waals surface area contributed by atoms with Crippen molar-refractivity contribution in [3.63, 3.8) is 0 Å². The molecule has 0 bridgehead atoms. The lowest BCUT2D eigenvalue weighted by molar-refractivity contribution is -0.141. The van der Waals surface area contributed by atoms with Crippen molar-refractivity contribution in [3.05, 3.63) is 47.8 Å². The van der Waals surface area contributed by atoms with Crippen molar-refractivity contribution in [2.45, 2.75) is 44.9 Å². The molecule has 0 aliphatic carbocycles. The zero-order valence-corrected chi connectivity index (χ0v) is 17.4. The van der Waals surface area contributed by atoms with Crippen molar-refractivity contribution in [2.75, 3.05) is 20.2 Å². The molecule has 0 N–H and O–H groups in total. The lowest BCUT2D eigenvalue weighted by Gasteiger charge is -2.31. The number of likely N-dealkylation sites (N-methyl/N-ethyl adjacent to an activating group) is 1. The normalized spacial score (nSPS) is 16.4. The topological polar surface area (TPSA) is 51.7 Å². The predicted molar refractivity (Wildman–Crippen MR) is 106 cm³/mol. The molecule has 0 fully saturated rings. The molecule has 1 aliphatic rings. The summed E-state index contributed by atoms with van der Waals surface area (Å²) in [5.74, 6) is 0.529. The van der Waals surface area contributed by atoms with Gasteiger partial charge in [0.2, 0.25) is 0 Å². The molecule has 2 aromatic rings. The summed E-state index contributed by atoms with van der Waals surface area (Å²) in [6.07, 6.45) is -3.11. The fourth-order valence-corrected chi connectivity index (χ4v) is 3.41. The van der Waals surface area contributed by atoms with Crippen LogP contribution in [0, 0.1) is 0 Å². The maximum atomic E-state index is 13.1. The fraction of sp³-hybridized carbons (Fsp3) is 0.455. The lowest BCUT2D eigenvalue weighted by atomic mass is 9.89. The molecule has 3 rings (SSSR count). The van der Waals surface area contributed by atoms with E-state index in [-0.39, 0.29) is 5.92 Å². The second kappa shape index (κ2) is 8.16. The molecule has 1 amide bonds. The molecule has 1 aromatic heterocycles. The van der Waals surface area contributed by atoms with Gasteiger partial charge in [-0.1, -0.05) is 18.2 Å². The van der Waals surface area contributed by atoms with E-state index in [9.17, 15) is 18.0 Å². The van der Waals surface area contributed by atoms with Gasteiger partial charge in [-0.3, -0.25) is 4.98 Å². The highest BCUT2D eigenvalue weighted by molar-refractivity contribution is 5.73. The van der Waals surface area contributed by atoms with Crippen LogP contribution in [-0.2, 0) is 10.9 Å². The Labute approximate surface area is 173 Å². The van der Waals surface area contributed by atoms with E-state index in [2.05, 4.69) is 4.98 Å². The summed E-state index contributed by atoms with van der Waals surface area (Å²) in [6.45, 7) is 6.24. The number of pyridine rings is 1. The second-order valence-electron chi connectivity index (χ2n) is 8.35. The number of aromatic nitrogens is 1. The summed E-state index contributed by atoms with van der Waals surface area (Å²) in [7, 11) is 1.67. The Hall–Kier alpha value is -2.77. The van der Waals surface area contributed by atoms with Gasteiger partial charge in [-0.05, 0) is 50.5 Å². The summed E-state index contributed by atoms with van der Waals surface area (Å²) in [4.78, 5) is 17.3. The average Bonchev–Trinajstić information content (AvgIpc) is 2.66. The Morgan fingerprint density at radius 3 is 2.67 bits per heavy atom. The largest absolute Gasteiger partial charge is 0.493 e. The molecule has 1 atom stereocenters. The van der Waals surface area contributed by atoms with E-state index >= 15 is 0 Å². The molecule has 0 spiro atoms. The van der Waals surface area contributed by atoms with Gasteiger partial charge in [-0.2, -0.15) is 13.2 Å². The predicted octanol–water partition coefficient (Wildman–Crippen LogP) is 5.50. The van der Waals surface area contributed by atoms with Gasteiger partial charge in [0.15, 0.2) is 0 Å². The quantitative estimate of drug-likeness (QED) is 0.655. The lowest BCUT2D eigenvalue weighted by Crippen LogP contribution is -2.37. The van der Waals surface area contributed by atoms with Crippen LogP contribution >= 0.6 is 0 Å². The number of amides is 1. The van der Waals surface area contributed by atoms with E-state index < -0.39 is 23.6 Å². The first kappa shape index (κ1) is 21.9. The highest BCUT2D eigenvalue weighted by Gasteiger charge is 2.33. The first-order chi connectivity index (χ1) is 14.0. The SMILES string of the molecule is CN(C[C@@H]1CCOc2c(-c3ccnc(C(F)(F)F)c3)cccc21)C(=O)OC(C)(C)C. The molecule has 2 heterocycles. The van der Waals surface area contributed by atoms with Crippen LogP contribution < -0.4 is 4.74 Å². The van der Waals surface area contributed by atoms with Crippen molar-refractivity contribution < 1.29 is 27.4 Å². The first-order valence-electron chi connectivity index (χ1n) is 9.69. The van der Waals surface area contributed by atoms with Crippen LogP contribution in [0.1, 0.15) is 44.4 Å². The van der Waals surface area contributed by atoms with Crippen molar-refractivity contribution in [1.82, 2.24) is 9.88 Å². The zero-order valence-electron chi connectivity index (χ0n) is 17.4. The van der Waals surface area contributed by atoms with E-state index in [1.807, 2.05) is 6.07 Å². The highest BCUT2D eigenvalue weighted by Crippen LogP contribution is 2.42. The monoisotopic (exact) mass is 422 g/mol. The summed E-state index contributed by atoms with van der Waals surface area (Å²) in [5.41, 5.74) is 0.276. The Bertz CT molecular complexity index is 923. The molecule has 0 radical (unpaired) electrons. The maximum absolute atomic E-state index is 13.1. The number of benzene rings is 1. The number of halogens is 3. The van der Waals surface area contributed by atoms with Crippen LogP contribution in [0.4, 0.5) is 18.0 Å². The van der Waals surface area contributed by atoms with Gasteiger partial charge in [0.25, 0.3) is 0 Å². The van der Waals surface area contributed by atoms with Gasteiger partial charge in [0.05, 0.1) is 6.61 Å². The summed E-state index contributed by atoms with van der Waals surface area (Å²) in [5, 5.41) is 0. The van der Waals surface area contributed by atoms with Gasteiger partial charge in [0.1, 0.15) is 17.0 Å². The summed E-state index contributed by atoms with van der Waals surface area (Å²) >= 11 is 0. The zero-order chi connectivity index (χ0) is 22.1. The Balaban J connectivity index is 1.89. The fourth-order valence-electron chi connectivity index (χ4n) is 3.41. The Morgan fingerprint density at radius 1 is 1.27 bits per heavy atom. The molecule has 1 aromatic carbocycles. The molecular formula is C22H25F3N2O3. The number of alkyl halides is 3. The standard InChI is InChI=1S/C22H25F3N2O3/c1-21(2,3)30-20(28)27(4)13-15-9-11-29-19-16(6-5-7-17(15)19)14-8-10-26-18(12-14)22(23,24)25/h5-8,10,12,15H,9,11,13H2,1-4H3/t15-/m0/s1. The van der Waals surface area contributed by atoms with Crippen molar-refractivity contribution in [3.8, 4) is 16.9 Å². The van der Waals surface area contributed by atoms with Gasteiger partial charge in [-0.15, -0.1) is 0 Å². The number of carbonyl (C=O) groups excluding carboxylic acids is 1. The van der Waals surface area contributed by atoms with Gasteiger partial charge < -0.3 is 14.4 Å². The van der Waals surface area contributed by atoms with E-state index in [1.54, 1.807) is 40.0 Å². The summed E-state index contributed by atoms with van der Waals surface area (Å²) in [6, 6.07) is 7.96. The van der Waals surface area contributed by atoms with Crippen molar-refractivity contribution >= 4 is 6.09 Å². The third kappa shape index (κ3) is 5.04. The Kier molecular flexibility index (Phi) is 5.97. The first-order valence-corrected chi connectivity index (χ1v) is 9.69. The summed E-state index contributed by atoms with van der Waals surface area (Å²) < 4.78 is 50.5. The average molecular weight is 422 g/mol. The minimum Gasteiger partial charge on any atom is -0.493 e. The maximum Gasteiger partial charge on any atom is 0.433 e. The number of fused-ring (bicyclic) bond motifs is 1. The third-order valence-corrected chi connectivity index (χ3v) is 4.76. The smallest absolute Gasteiger partial charge is 0.433 e.